The van der Waals surface area contributed by atoms with Gasteiger partial charge in [0.15, 0.2) is 5.65 Å². The number of hydrogen-bond donors (Lipinski definition) is 1. The van der Waals surface area contributed by atoms with Crippen LogP contribution < -0.4 is 5.32 Å². The predicted molar refractivity (Wildman–Crippen MR) is 140 cm³/mol. The molecular formula is C28H38N6O. The number of nitrogens with zero attached hydrogens (tertiary/aromatic N) is 5. The Balaban J connectivity index is 1.31. The van der Waals surface area contributed by atoms with Crippen molar-refractivity contribution in [2.24, 2.45) is 0 Å². The molecular weight excluding hydrogens is 436 g/mol. The number of hydrogen-bond acceptors (Lipinski definition) is 5. The molecule has 7 heteroatoms. The SMILES string of the molecule is Cc1nn(C(C)(C)C)c2nc(C3CC3)cc(C(=O)NCc3ccc(CN4CCN(C)CC4)cc3)c12. The third kappa shape index (κ3) is 5.26. The maximum atomic E-state index is 13.4. The van der Waals surface area contributed by atoms with Crippen molar-refractivity contribution in [3.63, 3.8) is 0 Å². The average molecular weight is 475 g/mol. The van der Waals surface area contributed by atoms with E-state index in [1.54, 1.807) is 0 Å². The number of carbonyl (C=O) groups is 1. The second-order valence-corrected chi connectivity index (χ2v) is 11.3. The van der Waals surface area contributed by atoms with Crippen molar-refractivity contribution in [2.45, 2.75) is 65.1 Å². The molecule has 0 unspecified atom stereocenters. The fourth-order valence-electron chi connectivity index (χ4n) is 4.85. The lowest BCUT2D eigenvalue weighted by molar-refractivity contribution is 0.0952. The second kappa shape index (κ2) is 9.36. The van der Waals surface area contributed by atoms with Crippen LogP contribution in [0.2, 0.25) is 0 Å². The third-order valence-electron chi connectivity index (χ3n) is 7.19. The number of benzene rings is 1. The first-order chi connectivity index (χ1) is 16.7. The minimum absolute atomic E-state index is 0.0580. The van der Waals surface area contributed by atoms with Crippen LogP contribution in [0.5, 0.6) is 0 Å². The summed E-state index contributed by atoms with van der Waals surface area (Å²) < 4.78 is 1.97. The summed E-state index contributed by atoms with van der Waals surface area (Å²) in [6, 6.07) is 10.6. The smallest absolute Gasteiger partial charge is 0.252 e. The van der Waals surface area contributed by atoms with Gasteiger partial charge in [0.25, 0.3) is 5.91 Å². The van der Waals surface area contributed by atoms with Gasteiger partial charge < -0.3 is 10.2 Å². The molecule has 1 saturated heterocycles. The van der Waals surface area contributed by atoms with Gasteiger partial charge in [-0.05, 0) is 64.8 Å². The van der Waals surface area contributed by atoms with Crippen molar-refractivity contribution in [3.05, 3.63) is 58.4 Å². The quantitative estimate of drug-likeness (QED) is 0.584. The van der Waals surface area contributed by atoms with Crippen LogP contribution in [0.15, 0.2) is 30.3 Å². The lowest BCUT2D eigenvalue weighted by Crippen LogP contribution is -2.43. The van der Waals surface area contributed by atoms with Crippen LogP contribution in [0, 0.1) is 6.92 Å². The van der Waals surface area contributed by atoms with Gasteiger partial charge in [0.2, 0.25) is 0 Å². The molecule has 0 bridgehead atoms. The fraction of sp³-hybridized carbons (Fsp3) is 0.536. The molecule has 0 atom stereocenters. The molecule has 5 rings (SSSR count). The highest BCUT2D eigenvalue weighted by atomic mass is 16.1. The first-order valence-electron chi connectivity index (χ1n) is 12.9. The van der Waals surface area contributed by atoms with Crippen LogP contribution in [0.25, 0.3) is 11.0 Å². The van der Waals surface area contributed by atoms with Gasteiger partial charge in [-0.2, -0.15) is 5.10 Å². The highest BCUT2D eigenvalue weighted by molar-refractivity contribution is 6.06. The summed E-state index contributed by atoms with van der Waals surface area (Å²) in [7, 11) is 2.18. The lowest BCUT2D eigenvalue weighted by atomic mass is 10.1. The number of fused-ring (bicyclic) bond motifs is 1. The normalized spacial score (nSPS) is 17.7. The number of nitrogens with one attached hydrogen (secondary N) is 1. The van der Waals surface area contributed by atoms with Crippen molar-refractivity contribution < 1.29 is 4.79 Å². The highest BCUT2D eigenvalue weighted by Crippen LogP contribution is 2.41. The predicted octanol–water partition coefficient (Wildman–Crippen LogP) is 4.05. The van der Waals surface area contributed by atoms with E-state index in [-0.39, 0.29) is 11.4 Å². The van der Waals surface area contributed by atoms with Gasteiger partial charge in [0.1, 0.15) is 0 Å². The molecule has 1 aromatic carbocycles. The molecule has 2 fully saturated rings. The van der Waals surface area contributed by atoms with Crippen molar-refractivity contribution in [2.75, 3.05) is 33.2 Å². The molecule has 2 aliphatic rings. The first-order valence-corrected chi connectivity index (χ1v) is 12.9. The molecule has 186 valence electrons. The van der Waals surface area contributed by atoms with Crippen LogP contribution >= 0.6 is 0 Å². The zero-order valence-electron chi connectivity index (χ0n) is 21.8. The van der Waals surface area contributed by atoms with Crippen LogP contribution in [0.3, 0.4) is 0 Å². The maximum absolute atomic E-state index is 13.4. The second-order valence-electron chi connectivity index (χ2n) is 11.3. The Labute approximate surface area is 208 Å². The van der Waals surface area contributed by atoms with E-state index in [2.05, 4.69) is 67.2 Å². The van der Waals surface area contributed by atoms with Crippen molar-refractivity contribution in [1.29, 1.82) is 0 Å². The Kier molecular flexibility index (Phi) is 6.40. The Morgan fingerprint density at radius 3 is 2.34 bits per heavy atom. The Hall–Kier alpha value is -2.77. The van der Waals surface area contributed by atoms with E-state index in [1.165, 1.54) is 5.56 Å². The van der Waals surface area contributed by atoms with Gasteiger partial charge in [0, 0.05) is 50.9 Å². The minimum Gasteiger partial charge on any atom is -0.348 e. The van der Waals surface area contributed by atoms with E-state index in [0.29, 0.717) is 18.0 Å². The van der Waals surface area contributed by atoms with Gasteiger partial charge in [-0.3, -0.25) is 9.69 Å². The number of rotatable bonds is 6. The van der Waals surface area contributed by atoms with Crippen molar-refractivity contribution in [1.82, 2.24) is 29.9 Å². The molecule has 1 aliphatic heterocycles. The Morgan fingerprint density at radius 1 is 1.06 bits per heavy atom. The molecule has 1 saturated carbocycles. The van der Waals surface area contributed by atoms with Crippen LogP contribution in [-0.2, 0) is 18.6 Å². The van der Waals surface area contributed by atoms with E-state index in [0.717, 1.165) is 73.6 Å². The van der Waals surface area contributed by atoms with Gasteiger partial charge in [-0.1, -0.05) is 24.3 Å². The summed E-state index contributed by atoms with van der Waals surface area (Å²) in [5.41, 5.74) is 5.59. The largest absolute Gasteiger partial charge is 0.348 e. The summed E-state index contributed by atoms with van der Waals surface area (Å²) in [6.45, 7) is 14.3. The van der Waals surface area contributed by atoms with Gasteiger partial charge in [-0.25, -0.2) is 9.67 Å². The number of carbonyl (C=O) groups excluding carboxylic acids is 1. The zero-order valence-corrected chi connectivity index (χ0v) is 21.8. The number of aryl methyl sites for hydroxylation is 1. The molecule has 3 aromatic rings. The summed E-state index contributed by atoms with van der Waals surface area (Å²) in [5.74, 6) is 0.403. The molecule has 7 nitrogen and oxygen atoms in total. The van der Waals surface area contributed by atoms with E-state index in [4.69, 9.17) is 10.1 Å². The molecule has 1 N–H and O–H groups in total. The number of piperazine rings is 1. The number of amides is 1. The summed E-state index contributed by atoms with van der Waals surface area (Å²) in [5, 5.41) is 8.79. The van der Waals surface area contributed by atoms with Crippen molar-refractivity contribution >= 4 is 16.9 Å². The molecule has 2 aromatic heterocycles. The molecule has 35 heavy (non-hydrogen) atoms. The molecule has 0 radical (unpaired) electrons. The van der Waals surface area contributed by atoms with Crippen molar-refractivity contribution in [3.8, 4) is 0 Å². The number of aromatic nitrogens is 3. The van der Waals surface area contributed by atoms with Gasteiger partial charge >= 0.3 is 0 Å². The standard InChI is InChI=1S/C28H38N6O/c1-19-25-23(16-24(22-10-11-22)30-26(25)34(31-19)28(2,3)4)27(35)29-17-20-6-8-21(9-7-20)18-33-14-12-32(5)13-15-33/h6-9,16,22H,10-15,17-18H2,1-5H3,(H,29,35). The fourth-order valence-corrected chi connectivity index (χ4v) is 4.85. The Bertz CT molecular complexity index is 1210. The zero-order chi connectivity index (χ0) is 24.7. The topological polar surface area (TPSA) is 66.3 Å². The number of pyridine rings is 1. The highest BCUT2D eigenvalue weighted by Gasteiger charge is 2.30. The Morgan fingerprint density at radius 2 is 1.71 bits per heavy atom. The van der Waals surface area contributed by atoms with E-state index in [9.17, 15) is 4.79 Å². The van der Waals surface area contributed by atoms with Crippen LogP contribution in [0.4, 0.5) is 0 Å². The summed E-state index contributed by atoms with van der Waals surface area (Å²) >= 11 is 0. The van der Waals surface area contributed by atoms with Crippen LogP contribution in [0.1, 0.15) is 72.4 Å². The van der Waals surface area contributed by atoms with Gasteiger partial charge in [-0.15, -0.1) is 0 Å². The first kappa shape index (κ1) is 23.9. The van der Waals surface area contributed by atoms with Gasteiger partial charge in [0.05, 0.1) is 22.2 Å². The molecule has 1 aliphatic carbocycles. The molecule has 1 amide bonds. The summed E-state index contributed by atoms with van der Waals surface area (Å²) in [4.78, 5) is 23.2. The molecule has 0 spiro atoms. The number of likely N-dealkylation sites (N-methyl/N-ethyl adjacent to an activating group) is 1. The van der Waals surface area contributed by atoms with E-state index < -0.39 is 0 Å². The minimum atomic E-state index is -0.207. The van der Waals surface area contributed by atoms with E-state index >= 15 is 0 Å². The monoisotopic (exact) mass is 474 g/mol. The summed E-state index contributed by atoms with van der Waals surface area (Å²) in [6.07, 6.45) is 2.28. The van der Waals surface area contributed by atoms with Crippen LogP contribution in [-0.4, -0.2) is 63.7 Å². The maximum Gasteiger partial charge on any atom is 0.252 e. The average Bonchev–Trinajstić information content (AvgIpc) is 3.62. The van der Waals surface area contributed by atoms with E-state index in [1.807, 2.05) is 17.7 Å². The third-order valence-corrected chi connectivity index (χ3v) is 7.19. The molecule has 3 heterocycles. The lowest BCUT2D eigenvalue weighted by Gasteiger charge is -2.32.